The first-order valence-electron chi connectivity index (χ1n) is 6.35. The number of aryl methyl sites for hydroxylation is 2. The van der Waals surface area contributed by atoms with Gasteiger partial charge in [0.1, 0.15) is 5.69 Å². The first-order chi connectivity index (χ1) is 9.69. The standard InChI is InChI=1S/C16H14N2O2/c1-11-5-6-14(12(2)8-11)18-9-13(10-19)16(17-18)15-4-3-7-20-15/h3-10H,1-2H3. The molecule has 2 aromatic heterocycles. The molecule has 0 saturated carbocycles. The number of hydrogen-bond acceptors (Lipinski definition) is 3. The Balaban J connectivity index is 2.14. The van der Waals surface area contributed by atoms with Gasteiger partial charge in [0.15, 0.2) is 12.0 Å². The predicted octanol–water partition coefficient (Wildman–Crippen LogP) is 3.56. The zero-order valence-corrected chi connectivity index (χ0v) is 11.3. The van der Waals surface area contributed by atoms with Crippen LogP contribution in [-0.2, 0) is 0 Å². The summed E-state index contributed by atoms with van der Waals surface area (Å²) in [6, 6.07) is 9.68. The van der Waals surface area contributed by atoms with E-state index in [2.05, 4.69) is 11.2 Å². The zero-order chi connectivity index (χ0) is 14.1. The minimum absolute atomic E-state index is 0.514. The zero-order valence-electron chi connectivity index (χ0n) is 11.3. The smallest absolute Gasteiger partial charge is 0.154 e. The van der Waals surface area contributed by atoms with E-state index in [4.69, 9.17) is 4.42 Å². The van der Waals surface area contributed by atoms with Crippen molar-refractivity contribution in [2.24, 2.45) is 0 Å². The summed E-state index contributed by atoms with van der Waals surface area (Å²) in [7, 11) is 0. The fourth-order valence-corrected chi connectivity index (χ4v) is 2.26. The summed E-state index contributed by atoms with van der Waals surface area (Å²) in [5, 5.41) is 4.48. The molecule has 0 saturated heterocycles. The molecule has 0 N–H and O–H groups in total. The number of rotatable bonds is 3. The number of nitrogens with zero attached hydrogens (tertiary/aromatic N) is 2. The van der Waals surface area contributed by atoms with E-state index in [-0.39, 0.29) is 0 Å². The monoisotopic (exact) mass is 266 g/mol. The molecule has 4 nitrogen and oxygen atoms in total. The molecule has 0 aliphatic heterocycles. The first-order valence-corrected chi connectivity index (χ1v) is 6.35. The van der Waals surface area contributed by atoms with Crippen LogP contribution in [0.25, 0.3) is 17.1 Å². The minimum Gasteiger partial charge on any atom is -0.463 e. The van der Waals surface area contributed by atoms with Crippen molar-refractivity contribution in [2.75, 3.05) is 0 Å². The Morgan fingerprint density at radius 3 is 2.75 bits per heavy atom. The number of aromatic nitrogens is 2. The number of benzene rings is 1. The summed E-state index contributed by atoms with van der Waals surface area (Å²) in [4.78, 5) is 11.2. The third kappa shape index (κ3) is 2.05. The van der Waals surface area contributed by atoms with Crippen LogP contribution in [0.4, 0.5) is 0 Å². The van der Waals surface area contributed by atoms with E-state index < -0.39 is 0 Å². The molecule has 0 aliphatic rings. The van der Waals surface area contributed by atoms with Crippen molar-refractivity contribution >= 4 is 6.29 Å². The molecule has 0 bridgehead atoms. The highest BCUT2D eigenvalue weighted by Gasteiger charge is 2.14. The first kappa shape index (κ1) is 12.4. The normalized spacial score (nSPS) is 10.7. The van der Waals surface area contributed by atoms with E-state index in [1.807, 2.05) is 26.0 Å². The lowest BCUT2D eigenvalue weighted by Gasteiger charge is -2.06. The van der Waals surface area contributed by atoms with Crippen LogP contribution < -0.4 is 0 Å². The van der Waals surface area contributed by atoms with E-state index >= 15 is 0 Å². The lowest BCUT2D eigenvalue weighted by atomic mass is 10.1. The topological polar surface area (TPSA) is 48.0 Å². The molecule has 1 aromatic carbocycles. The Morgan fingerprint density at radius 2 is 2.10 bits per heavy atom. The summed E-state index contributed by atoms with van der Waals surface area (Å²) in [6.07, 6.45) is 4.09. The summed E-state index contributed by atoms with van der Waals surface area (Å²) in [5.74, 6) is 0.593. The highest BCUT2D eigenvalue weighted by molar-refractivity contribution is 5.84. The predicted molar refractivity (Wildman–Crippen MR) is 76.1 cm³/mol. The Bertz CT molecular complexity index is 755. The third-order valence-corrected chi connectivity index (χ3v) is 3.22. The third-order valence-electron chi connectivity index (χ3n) is 3.22. The van der Waals surface area contributed by atoms with Gasteiger partial charge in [0, 0.05) is 6.20 Å². The number of furan rings is 1. The van der Waals surface area contributed by atoms with Crippen LogP contribution in [0, 0.1) is 13.8 Å². The molecule has 0 amide bonds. The maximum Gasteiger partial charge on any atom is 0.154 e. The second-order valence-electron chi connectivity index (χ2n) is 4.76. The van der Waals surface area contributed by atoms with Crippen LogP contribution in [0.2, 0.25) is 0 Å². The molecular formula is C16H14N2O2. The average molecular weight is 266 g/mol. The van der Waals surface area contributed by atoms with Crippen molar-refractivity contribution in [3.63, 3.8) is 0 Å². The van der Waals surface area contributed by atoms with Crippen LogP contribution in [0.3, 0.4) is 0 Å². The second kappa shape index (κ2) is 4.81. The van der Waals surface area contributed by atoms with Crippen molar-refractivity contribution in [2.45, 2.75) is 13.8 Å². The SMILES string of the molecule is Cc1ccc(-n2cc(C=O)c(-c3ccco3)n2)c(C)c1. The fraction of sp³-hybridized carbons (Fsp3) is 0.125. The quantitative estimate of drug-likeness (QED) is 0.681. The second-order valence-corrected chi connectivity index (χ2v) is 4.76. The molecule has 100 valence electrons. The highest BCUT2D eigenvalue weighted by atomic mass is 16.3. The van der Waals surface area contributed by atoms with Crippen molar-refractivity contribution in [3.8, 4) is 17.1 Å². The van der Waals surface area contributed by atoms with Crippen LogP contribution in [-0.4, -0.2) is 16.1 Å². The fourth-order valence-electron chi connectivity index (χ4n) is 2.26. The molecule has 20 heavy (non-hydrogen) atoms. The van der Waals surface area contributed by atoms with Gasteiger partial charge in [-0.2, -0.15) is 5.10 Å². The van der Waals surface area contributed by atoms with Gasteiger partial charge in [-0.25, -0.2) is 4.68 Å². The Morgan fingerprint density at radius 1 is 1.25 bits per heavy atom. The lowest BCUT2D eigenvalue weighted by Crippen LogP contribution is -1.98. The molecule has 0 fully saturated rings. The van der Waals surface area contributed by atoms with Gasteiger partial charge in [-0.15, -0.1) is 0 Å². The van der Waals surface area contributed by atoms with E-state index in [9.17, 15) is 4.79 Å². The van der Waals surface area contributed by atoms with Crippen LogP contribution >= 0.6 is 0 Å². The number of carbonyl (C=O) groups excluding carboxylic acids is 1. The molecule has 2 heterocycles. The molecule has 0 radical (unpaired) electrons. The van der Waals surface area contributed by atoms with Crippen molar-refractivity contribution in [1.82, 2.24) is 9.78 Å². The van der Waals surface area contributed by atoms with Gasteiger partial charge in [0.05, 0.1) is 17.5 Å². The van der Waals surface area contributed by atoms with Gasteiger partial charge in [0.2, 0.25) is 0 Å². The molecule has 0 spiro atoms. The number of carbonyl (C=O) groups is 1. The number of aldehydes is 1. The van der Waals surface area contributed by atoms with E-state index in [1.165, 1.54) is 5.56 Å². The van der Waals surface area contributed by atoms with Gasteiger partial charge >= 0.3 is 0 Å². The average Bonchev–Trinajstić information content (AvgIpc) is 3.07. The Hall–Kier alpha value is -2.62. The van der Waals surface area contributed by atoms with Gasteiger partial charge in [0.25, 0.3) is 0 Å². The molecule has 3 rings (SSSR count). The van der Waals surface area contributed by atoms with Crippen molar-refractivity contribution in [1.29, 1.82) is 0 Å². The van der Waals surface area contributed by atoms with E-state index in [0.29, 0.717) is 17.0 Å². The van der Waals surface area contributed by atoms with Gasteiger partial charge < -0.3 is 4.42 Å². The van der Waals surface area contributed by atoms with Gasteiger partial charge in [-0.05, 0) is 37.6 Å². The van der Waals surface area contributed by atoms with Crippen LogP contribution in [0.15, 0.2) is 47.2 Å². The number of hydrogen-bond donors (Lipinski definition) is 0. The summed E-state index contributed by atoms with van der Waals surface area (Å²) in [5.41, 5.74) is 4.33. The summed E-state index contributed by atoms with van der Waals surface area (Å²) >= 11 is 0. The van der Waals surface area contributed by atoms with Crippen LogP contribution in [0.1, 0.15) is 21.5 Å². The molecule has 4 heteroatoms. The molecule has 0 aliphatic carbocycles. The minimum atomic E-state index is 0.514. The summed E-state index contributed by atoms with van der Waals surface area (Å²) in [6.45, 7) is 4.07. The van der Waals surface area contributed by atoms with E-state index in [1.54, 1.807) is 29.3 Å². The molecular weight excluding hydrogens is 252 g/mol. The maximum absolute atomic E-state index is 11.2. The van der Waals surface area contributed by atoms with Crippen molar-refractivity contribution in [3.05, 3.63) is 59.5 Å². The maximum atomic E-state index is 11.2. The van der Waals surface area contributed by atoms with Gasteiger partial charge in [-0.3, -0.25) is 4.79 Å². The molecule has 0 unspecified atom stereocenters. The van der Waals surface area contributed by atoms with Gasteiger partial charge in [-0.1, -0.05) is 17.7 Å². The Labute approximate surface area is 116 Å². The Kier molecular flexibility index (Phi) is 2.99. The highest BCUT2D eigenvalue weighted by Crippen LogP contribution is 2.24. The lowest BCUT2D eigenvalue weighted by molar-refractivity contribution is 0.112. The van der Waals surface area contributed by atoms with Crippen molar-refractivity contribution < 1.29 is 9.21 Å². The summed E-state index contributed by atoms with van der Waals surface area (Å²) < 4.78 is 7.04. The largest absolute Gasteiger partial charge is 0.463 e. The molecule has 0 atom stereocenters. The molecule has 3 aromatic rings. The van der Waals surface area contributed by atoms with Crippen LogP contribution in [0.5, 0.6) is 0 Å². The van der Waals surface area contributed by atoms with E-state index in [0.717, 1.165) is 17.5 Å².